The summed E-state index contributed by atoms with van der Waals surface area (Å²) in [5.41, 5.74) is 5.63. The molecule has 2 N–H and O–H groups in total. The van der Waals surface area contributed by atoms with Gasteiger partial charge in [-0.05, 0) is 32.4 Å². The number of nitrogens with zero attached hydrogens (tertiary/aromatic N) is 2. The van der Waals surface area contributed by atoms with E-state index in [1.807, 2.05) is 0 Å². The van der Waals surface area contributed by atoms with Crippen molar-refractivity contribution in [2.24, 2.45) is 5.73 Å². The van der Waals surface area contributed by atoms with E-state index in [9.17, 15) is 0 Å². The zero-order chi connectivity index (χ0) is 13.8. The first-order valence-electron chi connectivity index (χ1n) is 8.19. The molecule has 3 aliphatic heterocycles. The summed E-state index contributed by atoms with van der Waals surface area (Å²) < 4.78 is 11.6. The van der Waals surface area contributed by atoms with Crippen LogP contribution in [0.1, 0.15) is 25.7 Å². The predicted molar refractivity (Wildman–Crippen MR) is 78.8 cm³/mol. The summed E-state index contributed by atoms with van der Waals surface area (Å²) in [6.07, 6.45) is 4.55. The van der Waals surface area contributed by atoms with Crippen molar-refractivity contribution in [3.63, 3.8) is 0 Å². The highest BCUT2D eigenvalue weighted by molar-refractivity contribution is 4.94. The highest BCUT2D eigenvalue weighted by Crippen LogP contribution is 2.34. The Bertz CT molecular complexity index is 299. The summed E-state index contributed by atoms with van der Waals surface area (Å²) in [7, 11) is 0. The SMILES string of the molecule is NCCCN1CCN(C2CCOC3(CCOC3)C2)CC1. The number of hydrogen-bond acceptors (Lipinski definition) is 5. The number of hydrogen-bond donors (Lipinski definition) is 1. The Morgan fingerprint density at radius 2 is 2.00 bits per heavy atom. The van der Waals surface area contributed by atoms with Gasteiger partial charge in [-0.2, -0.15) is 0 Å². The van der Waals surface area contributed by atoms with Crippen molar-refractivity contribution >= 4 is 0 Å². The summed E-state index contributed by atoms with van der Waals surface area (Å²) >= 11 is 0. The first-order chi connectivity index (χ1) is 9.81. The molecular weight excluding hydrogens is 254 g/mol. The van der Waals surface area contributed by atoms with E-state index in [-0.39, 0.29) is 5.60 Å². The van der Waals surface area contributed by atoms with Crippen LogP contribution in [0.2, 0.25) is 0 Å². The highest BCUT2D eigenvalue weighted by atomic mass is 16.6. The second-order valence-corrected chi connectivity index (χ2v) is 6.50. The van der Waals surface area contributed by atoms with Crippen molar-refractivity contribution in [2.75, 3.05) is 59.1 Å². The molecule has 0 aromatic rings. The quantitative estimate of drug-likeness (QED) is 0.804. The van der Waals surface area contributed by atoms with Gasteiger partial charge in [0.15, 0.2) is 0 Å². The summed E-state index contributed by atoms with van der Waals surface area (Å²) in [5, 5.41) is 0. The van der Waals surface area contributed by atoms with Gasteiger partial charge in [0.1, 0.15) is 0 Å². The van der Waals surface area contributed by atoms with Crippen LogP contribution in [0, 0.1) is 0 Å². The van der Waals surface area contributed by atoms with Gasteiger partial charge in [0.2, 0.25) is 0 Å². The van der Waals surface area contributed by atoms with Gasteiger partial charge in [-0.25, -0.2) is 0 Å². The molecule has 0 radical (unpaired) electrons. The standard InChI is InChI=1S/C15H29N3O2/c16-4-1-5-17-6-8-18(9-7-17)14-2-10-20-15(12-14)3-11-19-13-15/h14H,1-13,16H2. The second-order valence-electron chi connectivity index (χ2n) is 6.50. The summed E-state index contributed by atoms with van der Waals surface area (Å²) in [6, 6.07) is 0.696. The maximum Gasteiger partial charge on any atom is 0.0951 e. The van der Waals surface area contributed by atoms with Crippen LogP contribution in [0.3, 0.4) is 0 Å². The van der Waals surface area contributed by atoms with E-state index in [4.69, 9.17) is 15.2 Å². The average Bonchev–Trinajstić information content (AvgIpc) is 2.93. The van der Waals surface area contributed by atoms with Gasteiger partial charge < -0.3 is 20.1 Å². The molecule has 0 bridgehead atoms. The van der Waals surface area contributed by atoms with Crippen LogP contribution < -0.4 is 5.73 Å². The van der Waals surface area contributed by atoms with Crippen molar-refractivity contribution in [3.8, 4) is 0 Å². The molecular formula is C15H29N3O2. The number of ether oxygens (including phenoxy) is 2. The fourth-order valence-corrected chi connectivity index (χ4v) is 3.84. The van der Waals surface area contributed by atoms with Crippen molar-refractivity contribution in [1.82, 2.24) is 9.80 Å². The lowest BCUT2D eigenvalue weighted by molar-refractivity contribution is -0.110. The first kappa shape index (κ1) is 14.7. The zero-order valence-electron chi connectivity index (χ0n) is 12.6. The van der Waals surface area contributed by atoms with Crippen LogP contribution in [0.25, 0.3) is 0 Å². The van der Waals surface area contributed by atoms with Crippen LogP contribution in [0.5, 0.6) is 0 Å². The molecule has 2 atom stereocenters. The molecule has 2 unspecified atom stereocenters. The molecule has 0 aromatic heterocycles. The van der Waals surface area contributed by atoms with Crippen molar-refractivity contribution < 1.29 is 9.47 Å². The molecule has 3 rings (SSSR count). The van der Waals surface area contributed by atoms with Crippen LogP contribution in [-0.4, -0.2) is 80.5 Å². The molecule has 0 aliphatic carbocycles. The van der Waals surface area contributed by atoms with Gasteiger partial charge in [-0.3, -0.25) is 4.90 Å². The monoisotopic (exact) mass is 283 g/mol. The fourth-order valence-electron chi connectivity index (χ4n) is 3.84. The van der Waals surface area contributed by atoms with Gasteiger partial charge in [0, 0.05) is 51.9 Å². The Labute approximate surface area is 122 Å². The highest BCUT2D eigenvalue weighted by Gasteiger charge is 2.42. The third-order valence-corrected chi connectivity index (χ3v) is 5.14. The van der Waals surface area contributed by atoms with E-state index in [1.54, 1.807) is 0 Å². The third-order valence-electron chi connectivity index (χ3n) is 5.14. The van der Waals surface area contributed by atoms with E-state index < -0.39 is 0 Å². The minimum Gasteiger partial charge on any atom is -0.378 e. The van der Waals surface area contributed by atoms with Crippen LogP contribution >= 0.6 is 0 Å². The van der Waals surface area contributed by atoms with Crippen LogP contribution in [0.15, 0.2) is 0 Å². The Morgan fingerprint density at radius 1 is 1.15 bits per heavy atom. The molecule has 3 aliphatic rings. The normalized spacial score (nSPS) is 36.8. The summed E-state index contributed by atoms with van der Waals surface area (Å²) in [4.78, 5) is 5.23. The molecule has 116 valence electrons. The molecule has 3 fully saturated rings. The maximum atomic E-state index is 6.05. The Morgan fingerprint density at radius 3 is 2.70 bits per heavy atom. The Balaban J connectivity index is 1.48. The number of nitrogens with two attached hydrogens (primary N) is 1. The molecule has 20 heavy (non-hydrogen) atoms. The van der Waals surface area contributed by atoms with Gasteiger partial charge >= 0.3 is 0 Å². The minimum atomic E-state index is 0.0413. The minimum absolute atomic E-state index is 0.0413. The molecule has 1 spiro atoms. The van der Waals surface area contributed by atoms with Gasteiger partial charge in [-0.15, -0.1) is 0 Å². The smallest absolute Gasteiger partial charge is 0.0951 e. The van der Waals surface area contributed by atoms with Gasteiger partial charge in [0.25, 0.3) is 0 Å². The molecule has 0 amide bonds. The van der Waals surface area contributed by atoms with Crippen molar-refractivity contribution in [3.05, 3.63) is 0 Å². The Kier molecular flexibility index (Phi) is 4.94. The molecule has 0 aromatic carbocycles. The predicted octanol–water partition coefficient (Wildman–Crippen LogP) is 0.291. The first-order valence-corrected chi connectivity index (χ1v) is 8.19. The van der Waals surface area contributed by atoms with Crippen molar-refractivity contribution in [1.29, 1.82) is 0 Å². The van der Waals surface area contributed by atoms with Crippen LogP contribution in [-0.2, 0) is 9.47 Å². The van der Waals surface area contributed by atoms with Crippen molar-refractivity contribution in [2.45, 2.75) is 37.3 Å². The fraction of sp³-hybridized carbons (Fsp3) is 1.00. The van der Waals surface area contributed by atoms with E-state index in [0.29, 0.717) is 6.04 Å². The molecule has 5 heteroatoms. The van der Waals surface area contributed by atoms with E-state index in [0.717, 1.165) is 52.2 Å². The van der Waals surface area contributed by atoms with E-state index in [1.165, 1.54) is 32.6 Å². The lowest BCUT2D eigenvalue weighted by Crippen LogP contribution is -2.55. The van der Waals surface area contributed by atoms with Gasteiger partial charge in [-0.1, -0.05) is 0 Å². The van der Waals surface area contributed by atoms with E-state index in [2.05, 4.69) is 9.80 Å². The van der Waals surface area contributed by atoms with Crippen LogP contribution in [0.4, 0.5) is 0 Å². The molecule has 5 nitrogen and oxygen atoms in total. The summed E-state index contributed by atoms with van der Waals surface area (Å²) in [5.74, 6) is 0. The lowest BCUT2D eigenvalue weighted by Gasteiger charge is -2.45. The molecule has 3 heterocycles. The summed E-state index contributed by atoms with van der Waals surface area (Å²) in [6.45, 7) is 9.35. The topological polar surface area (TPSA) is 51.0 Å². The molecule has 3 saturated heterocycles. The number of piperazine rings is 1. The van der Waals surface area contributed by atoms with Gasteiger partial charge in [0.05, 0.1) is 12.2 Å². The third kappa shape index (κ3) is 3.34. The zero-order valence-corrected chi connectivity index (χ0v) is 12.6. The Hall–Kier alpha value is -0.200. The largest absolute Gasteiger partial charge is 0.378 e. The molecule has 0 saturated carbocycles. The average molecular weight is 283 g/mol. The maximum absolute atomic E-state index is 6.05. The second kappa shape index (κ2) is 6.71. The number of rotatable bonds is 4. The lowest BCUT2D eigenvalue weighted by atomic mass is 9.88. The van der Waals surface area contributed by atoms with E-state index >= 15 is 0 Å².